The van der Waals surface area contributed by atoms with Gasteiger partial charge in [-0.05, 0) is 11.8 Å². The van der Waals surface area contributed by atoms with Crippen LogP contribution in [0.1, 0.15) is 26.7 Å². The van der Waals surface area contributed by atoms with Gasteiger partial charge in [0, 0.05) is 37.7 Å². The molecule has 0 aromatic heterocycles. The second kappa shape index (κ2) is 5.76. The Hall–Kier alpha value is -0.210. The number of carbonyl (C=O) groups is 1. The molecule has 0 fully saturated rings. The Morgan fingerprint density at radius 1 is 1.47 bits per heavy atom. The Kier molecular flexibility index (Phi) is 5.68. The van der Waals surface area contributed by atoms with E-state index in [-0.39, 0.29) is 23.6 Å². The van der Waals surface area contributed by atoms with Crippen molar-refractivity contribution < 1.29 is 4.79 Å². The maximum Gasteiger partial charge on any atom is 0.157 e. The summed E-state index contributed by atoms with van der Waals surface area (Å²) in [6, 6.07) is 0. The summed E-state index contributed by atoms with van der Waals surface area (Å²) >= 11 is 5.67. The van der Waals surface area contributed by atoms with Gasteiger partial charge in [-0.1, -0.05) is 13.8 Å². The second-order valence-corrected chi connectivity index (χ2v) is 5.11. The quantitative estimate of drug-likeness (QED) is 0.720. The van der Waals surface area contributed by atoms with Crippen molar-refractivity contribution in [2.45, 2.75) is 26.7 Å². The molecule has 2 nitrogen and oxygen atoms in total. The largest absolute Gasteiger partial charge is 0.377 e. The second-order valence-electron chi connectivity index (χ2n) is 4.73. The zero-order valence-electron chi connectivity index (χ0n) is 9.55. The van der Waals surface area contributed by atoms with Gasteiger partial charge in [0.25, 0.3) is 0 Å². The molecule has 0 aromatic carbocycles. The van der Waals surface area contributed by atoms with Crippen molar-refractivity contribution in [3.63, 3.8) is 0 Å². The predicted molar refractivity (Wildman–Crippen MR) is 66.7 cm³/mol. The van der Waals surface area contributed by atoms with Crippen molar-refractivity contribution >= 4 is 29.8 Å². The van der Waals surface area contributed by atoms with Gasteiger partial charge in [0.15, 0.2) is 5.78 Å². The van der Waals surface area contributed by atoms with E-state index in [4.69, 9.17) is 11.6 Å². The van der Waals surface area contributed by atoms with E-state index in [0.29, 0.717) is 12.3 Å². The van der Waals surface area contributed by atoms with Gasteiger partial charge in [0.2, 0.25) is 0 Å². The number of allylic oxidation sites excluding steroid dienone is 2. The minimum Gasteiger partial charge on any atom is -0.377 e. The van der Waals surface area contributed by atoms with Crippen LogP contribution in [0.5, 0.6) is 0 Å². The molecule has 4 heteroatoms. The minimum absolute atomic E-state index is 0. The standard InChI is InChI=1S/C11H18ClNO.ClH/c1-11(2)7-9(6-10(14)8-11)13(3)5-4-12;/h6H,4-5,7-8H2,1-3H3;1H. The first-order chi connectivity index (χ1) is 6.44. The number of carbonyl (C=O) groups excluding carboxylic acids is 1. The lowest BCUT2D eigenvalue weighted by molar-refractivity contribution is -0.117. The van der Waals surface area contributed by atoms with Crippen LogP contribution in [0.4, 0.5) is 0 Å². The summed E-state index contributed by atoms with van der Waals surface area (Å²) in [5.41, 5.74) is 1.22. The Bertz CT molecular complexity index is 261. The first kappa shape index (κ1) is 14.8. The van der Waals surface area contributed by atoms with Gasteiger partial charge >= 0.3 is 0 Å². The first-order valence-corrected chi connectivity index (χ1v) is 5.48. The fraction of sp³-hybridized carbons (Fsp3) is 0.727. The third-order valence-corrected chi connectivity index (χ3v) is 2.72. The van der Waals surface area contributed by atoms with Crippen LogP contribution in [0.25, 0.3) is 0 Å². The highest BCUT2D eigenvalue weighted by Gasteiger charge is 2.28. The molecule has 0 unspecified atom stereocenters. The maximum atomic E-state index is 11.5. The van der Waals surface area contributed by atoms with Gasteiger partial charge in [-0.3, -0.25) is 4.79 Å². The lowest BCUT2D eigenvalue weighted by Crippen LogP contribution is -2.30. The number of rotatable bonds is 3. The summed E-state index contributed by atoms with van der Waals surface area (Å²) in [5, 5.41) is 0. The van der Waals surface area contributed by atoms with Crippen molar-refractivity contribution in [3.05, 3.63) is 11.8 Å². The number of alkyl halides is 1. The number of ketones is 1. The molecule has 88 valence electrons. The monoisotopic (exact) mass is 251 g/mol. The van der Waals surface area contributed by atoms with Gasteiger partial charge < -0.3 is 4.90 Å². The zero-order chi connectivity index (χ0) is 10.8. The Morgan fingerprint density at radius 2 is 2.07 bits per heavy atom. The molecule has 1 aliphatic rings. The Morgan fingerprint density at radius 3 is 2.53 bits per heavy atom. The van der Waals surface area contributed by atoms with E-state index in [2.05, 4.69) is 18.7 Å². The topological polar surface area (TPSA) is 20.3 Å². The van der Waals surface area contributed by atoms with E-state index in [1.165, 1.54) is 0 Å². The number of hydrogen-bond acceptors (Lipinski definition) is 2. The molecule has 1 aliphatic carbocycles. The highest BCUT2D eigenvalue weighted by atomic mass is 35.5. The van der Waals surface area contributed by atoms with E-state index in [9.17, 15) is 4.79 Å². The van der Waals surface area contributed by atoms with Crippen LogP contribution in [-0.2, 0) is 4.79 Å². The first-order valence-electron chi connectivity index (χ1n) is 4.95. The van der Waals surface area contributed by atoms with Gasteiger partial charge in [-0.25, -0.2) is 0 Å². The smallest absolute Gasteiger partial charge is 0.157 e. The third kappa shape index (κ3) is 4.43. The Labute approximate surface area is 103 Å². The zero-order valence-corrected chi connectivity index (χ0v) is 11.1. The van der Waals surface area contributed by atoms with Gasteiger partial charge in [-0.2, -0.15) is 0 Å². The molecule has 0 bridgehead atoms. The number of nitrogens with zero attached hydrogens (tertiary/aromatic N) is 1. The summed E-state index contributed by atoms with van der Waals surface area (Å²) in [5.74, 6) is 0.834. The van der Waals surface area contributed by atoms with E-state index in [0.717, 1.165) is 18.7 Å². The average molecular weight is 252 g/mol. The van der Waals surface area contributed by atoms with E-state index in [1.807, 2.05) is 7.05 Å². The van der Waals surface area contributed by atoms with E-state index < -0.39 is 0 Å². The summed E-state index contributed by atoms with van der Waals surface area (Å²) in [4.78, 5) is 13.5. The van der Waals surface area contributed by atoms with Crippen molar-refractivity contribution in [1.29, 1.82) is 0 Å². The molecule has 0 N–H and O–H groups in total. The van der Waals surface area contributed by atoms with Gasteiger partial charge in [0.05, 0.1) is 0 Å². The van der Waals surface area contributed by atoms with Crippen molar-refractivity contribution in [2.24, 2.45) is 5.41 Å². The SMILES string of the molecule is CN(CCCl)C1=CC(=O)CC(C)(C)C1.Cl. The molecule has 0 spiro atoms. The van der Waals surface area contributed by atoms with Crippen LogP contribution in [-0.4, -0.2) is 30.2 Å². The molecule has 0 aromatic rings. The summed E-state index contributed by atoms with van der Waals surface area (Å²) in [6.45, 7) is 5.07. The molecule has 0 atom stereocenters. The highest BCUT2D eigenvalue weighted by molar-refractivity contribution is 6.18. The van der Waals surface area contributed by atoms with Crippen LogP contribution in [0.2, 0.25) is 0 Å². The minimum atomic E-state index is 0. The molecule has 1 rings (SSSR count). The van der Waals surface area contributed by atoms with Crippen molar-refractivity contribution in [3.8, 4) is 0 Å². The molecule has 0 aliphatic heterocycles. The molecular weight excluding hydrogens is 233 g/mol. The molecule has 15 heavy (non-hydrogen) atoms. The normalized spacial score (nSPS) is 19.2. The molecule has 0 saturated carbocycles. The van der Waals surface area contributed by atoms with Crippen LogP contribution in [0.3, 0.4) is 0 Å². The number of hydrogen-bond donors (Lipinski definition) is 0. The fourth-order valence-corrected chi connectivity index (χ4v) is 2.08. The van der Waals surface area contributed by atoms with E-state index >= 15 is 0 Å². The summed E-state index contributed by atoms with van der Waals surface area (Å²) in [6.07, 6.45) is 3.38. The average Bonchev–Trinajstić information content (AvgIpc) is 2.00. The van der Waals surface area contributed by atoms with Crippen LogP contribution in [0, 0.1) is 5.41 Å². The number of halogens is 2. The molecule has 0 radical (unpaired) electrons. The molecule has 0 heterocycles. The van der Waals surface area contributed by atoms with Crippen LogP contribution in [0.15, 0.2) is 11.8 Å². The van der Waals surface area contributed by atoms with Crippen molar-refractivity contribution in [2.75, 3.05) is 19.5 Å². The maximum absolute atomic E-state index is 11.5. The van der Waals surface area contributed by atoms with Gasteiger partial charge in [0.1, 0.15) is 0 Å². The summed E-state index contributed by atoms with van der Waals surface area (Å²) < 4.78 is 0. The van der Waals surface area contributed by atoms with Crippen LogP contribution >= 0.6 is 24.0 Å². The third-order valence-electron chi connectivity index (χ3n) is 2.55. The molecule has 0 saturated heterocycles. The highest BCUT2D eigenvalue weighted by Crippen LogP contribution is 2.34. The van der Waals surface area contributed by atoms with Crippen molar-refractivity contribution in [1.82, 2.24) is 4.90 Å². The van der Waals surface area contributed by atoms with Gasteiger partial charge in [-0.15, -0.1) is 24.0 Å². The fourth-order valence-electron chi connectivity index (χ4n) is 1.83. The lowest BCUT2D eigenvalue weighted by atomic mass is 9.78. The molecular formula is C11H19Cl2NO. The van der Waals surface area contributed by atoms with Crippen LogP contribution < -0.4 is 0 Å². The molecule has 0 amide bonds. The lowest BCUT2D eigenvalue weighted by Gasteiger charge is -2.33. The predicted octanol–water partition coefficient (Wildman–Crippen LogP) is 2.85. The summed E-state index contributed by atoms with van der Waals surface area (Å²) in [7, 11) is 1.99. The Balaban J connectivity index is 0.00000196. The van der Waals surface area contributed by atoms with E-state index in [1.54, 1.807) is 6.08 Å².